The zero-order valence-corrected chi connectivity index (χ0v) is 13.5. The van der Waals surface area contributed by atoms with Gasteiger partial charge in [0.15, 0.2) is 0 Å². The van der Waals surface area contributed by atoms with Crippen molar-refractivity contribution in [2.75, 3.05) is 39.7 Å². The van der Waals surface area contributed by atoms with E-state index in [1.165, 1.54) is 7.11 Å². The molecule has 3 atom stereocenters. The van der Waals surface area contributed by atoms with Crippen LogP contribution in [-0.2, 0) is 9.53 Å². The highest BCUT2D eigenvalue weighted by molar-refractivity contribution is 5.92. The van der Waals surface area contributed by atoms with Gasteiger partial charge in [-0.05, 0) is 12.1 Å². The van der Waals surface area contributed by atoms with Gasteiger partial charge in [-0.25, -0.2) is 4.79 Å². The summed E-state index contributed by atoms with van der Waals surface area (Å²) in [6.45, 7) is 1.01. The maximum atomic E-state index is 12.5. The minimum atomic E-state index is -0.464. The Morgan fingerprint density at radius 2 is 2.00 bits per heavy atom. The van der Waals surface area contributed by atoms with E-state index in [0.29, 0.717) is 24.5 Å². The van der Waals surface area contributed by atoms with E-state index < -0.39 is 6.10 Å². The molecule has 1 aromatic carbocycles. The number of nitrogens with one attached hydrogen (secondary N) is 1. The van der Waals surface area contributed by atoms with Crippen molar-refractivity contribution < 1.29 is 19.1 Å². The van der Waals surface area contributed by atoms with Gasteiger partial charge in [0, 0.05) is 33.2 Å². The third-order valence-corrected chi connectivity index (χ3v) is 4.70. The number of para-hydroxylation sites is 2. The Bertz CT molecular complexity index is 621. The number of amides is 3. The molecule has 0 aliphatic carbocycles. The highest BCUT2D eigenvalue weighted by atomic mass is 16.5. The van der Waals surface area contributed by atoms with Crippen molar-refractivity contribution in [2.24, 2.45) is 5.92 Å². The van der Waals surface area contributed by atoms with Crippen molar-refractivity contribution >= 4 is 17.6 Å². The third kappa shape index (κ3) is 2.61. The van der Waals surface area contributed by atoms with Crippen molar-refractivity contribution in [3.05, 3.63) is 24.3 Å². The molecule has 3 rings (SSSR count). The number of carbonyl (C=O) groups is 2. The smallest absolute Gasteiger partial charge is 0.322 e. The van der Waals surface area contributed by atoms with Crippen LogP contribution < -0.4 is 10.1 Å². The van der Waals surface area contributed by atoms with Gasteiger partial charge in [-0.15, -0.1) is 0 Å². The summed E-state index contributed by atoms with van der Waals surface area (Å²) in [6.07, 6.45) is -0.464. The van der Waals surface area contributed by atoms with Crippen LogP contribution in [-0.4, -0.2) is 68.2 Å². The van der Waals surface area contributed by atoms with E-state index in [9.17, 15) is 9.59 Å². The molecule has 2 aliphatic rings. The van der Waals surface area contributed by atoms with E-state index >= 15 is 0 Å². The van der Waals surface area contributed by atoms with Gasteiger partial charge in [-0.3, -0.25) is 4.79 Å². The molecule has 0 unspecified atom stereocenters. The summed E-state index contributed by atoms with van der Waals surface area (Å²) in [5.41, 5.74) is 0.629. The largest absolute Gasteiger partial charge is 0.495 e. The van der Waals surface area contributed by atoms with Gasteiger partial charge in [0.05, 0.1) is 18.8 Å². The lowest BCUT2D eigenvalue weighted by atomic mass is 10.0. The molecule has 3 amide bonds. The number of hydrogen-bond donors (Lipinski definition) is 1. The van der Waals surface area contributed by atoms with Crippen molar-refractivity contribution in [3.63, 3.8) is 0 Å². The molecule has 124 valence electrons. The van der Waals surface area contributed by atoms with Gasteiger partial charge in [0.2, 0.25) is 0 Å². The number of methoxy groups -OCH3 is 2. The van der Waals surface area contributed by atoms with Crippen LogP contribution in [0.15, 0.2) is 24.3 Å². The summed E-state index contributed by atoms with van der Waals surface area (Å²) in [7, 11) is 4.87. The molecule has 0 saturated carbocycles. The first-order valence-electron chi connectivity index (χ1n) is 7.55. The van der Waals surface area contributed by atoms with E-state index in [2.05, 4.69) is 5.32 Å². The lowest BCUT2D eigenvalue weighted by Gasteiger charge is -2.22. The summed E-state index contributed by atoms with van der Waals surface area (Å²) in [6, 6.07) is 7.08. The van der Waals surface area contributed by atoms with Crippen molar-refractivity contribution in [3.8, 4) is 5.75 Å². The first kappa shape index (κ1) is 15.6. The van der Waals surface area contributed by atoms with E-state index in [4.69, 9.17) is 9.47 Å². The number of fused-ring (bicyclic) bond motifs is 1. The lowest BCUT2D eigenvalue weighted by molar-refractivity contribution is -0.136. The molecule has 7 nitrogen and oxygen atoms in total. The average Bonchev–Trinajstić information content (AvgIpc) is 3.08. The molecule has 7 heteroatoms. The van der Waals surface area contributed by atoms with Crippen LogP contribution >= 0.6 is 0 Å². The summed E-state index contributed by atoms with van der Waals surface area (Å²) in [5, 5.41) is 2.87. The normalized spacial score (nSPS) is 26.4. The molecule has 2 fully saturated rings. The first-order valence-corrected chi connectivity index (χ1v) is 7.55. The van der Waals surface area contributed by atoms with Crippen molar-refractivity contribution in [2.45, 2.75) is 12.1 Å². The van der Waals surface area contributed by atoms with E-state index in [-0.39, 0.29) is 23.9 Å². The molecule has 1 N–H and O–H groups in total. The molecule has 2 aliphatic heterocycles. The van der Waals surface area contributed by atoms with Gasteiger partial charge in [-0.1, -0.05) is 12.1 Å². The Hall–Kier alpha value is -2.28. The van der Waals surface area contributed by atoms with Crippen LogP contribution in [0.3, 0.4) is 0 Å². The van der Waals surface area contributed by atoms with E-state index in [1.807, 2.05) is 12.1 Å². The highest BCUT2D eigenvalue weighted by Gasteiger charge is 2.52. The number of nitrogens with zero attached hydrogens (tertiary/aromatic N) is 2. The first-order chi connectivity index (χ1) is 11.1. The summed E-state index contributed by atoms with van der Waals surface area (Å²) >= 11 is 0. The molecular formula is C16H21N3O4. The number of urea groups is 1. The zero-order chi connectivity index (χ0) is 16.6. The fraction of sp³-hybridized carbons (Fsp3) is 0.500. The Kier molecular flexibility index (Phi) is 4.12. The molecule has 1 aromatic rings. The summed E-state index contributed by atoms with van der Waals surface area (Å²) in [4.78, 5) is 28.0. The second-order valence-electron chi connectivity index (χ2n) is 5.87. The standard InChI is InChI=1S/C16H21N3O4/c1-18-12-9-19(8-10(12)14(23-3)15(18)20)16(21)17-11-6-4-5-7-13(11)22-2/h4-7,10,12,14H,8-9H2,1-3H3,(H,17,21)/t10-,12+,14-/m0/s1. The van der Waals surface area contributed by atoms with Crippen LogP contribution in [0.4, 0.5) is 10.5 Å². The minimum Gasteiger partial charge on any atom is -0.495 e. The quantitative estimate of drug-likeness (QED) is 0.903. The molecule has 2 saturated heterocycles. The number of likely N-dealkylation sites (tertiary alicyclic amines) is 2. The summed E-state index contributed by atoms with van der Waals surface area (Å²) < 4.78 is 10.6. The second-order valence-corrected chi connectivity index (χ2v) is 5.87. The maximum Gasteiger partial charge on any atom is 0.322 e. The van der Waals surface area contributed by atoms with E-state index in [1.54, 1.807) is 36.1 Å². The van der Waals surface area contributed by atoms with Crippen LogP contribution in [0.2, 0.25) is 0 Å². The number of hydrogen-bond acceptors (Lipinski definition) is 4. The van der Waals surface area contributed by atoms with Gasteiger partial charge >= 0.3 is 6.03 Å². The van der Waals surface area contributed by atoms with Crippen LogP contribution in [0.1, 0.15) is 0 Å². The average molecular weight is 319 g/mol. The van der Waals surface area contributed by atoms with Crippen molar-refractivity contribution in [1.82, 2.24) is 9.80 Å². The Morgan fingerprint density at radius 1 is 1.26 bits per heavy atom. The molecule has 23 heavy (non-hydrogen) atoms. The molecule has 0 bridgehead atoms. The summed E-state index contributed by atoms with van der Waals surface area (Å²) in [5.74, 6) is 0.621. The number of anilines is 1. The predicted molar refractivity (Wildman–Crippen MR) is 84.4 cm³/mol. The van der Waals surface area contributed by atoms with Crippen LogP contribution in [0.25, 0.3) is 0 Å². The molecule has 0 spiro atoms. The molecule has 0 radical (unpaired) electrons. The van der Waals surface area contributed by atoms with Gasteiger partial charge in [0.1, 0.15) is 11.9 Å². The van der Waals surface area contributed by atoms with Gasteiger partial charge in [0.25, 0.3) is 5.91 Å². The predicted octanol–water partition coefficient (Wildman–Crippen LogP) is 1.01. The number of carbonyl (C=O) groups excluding carboxylic acids is 2. The van der Waals surface area contributed by atoms with Crippen LogP contribution in [0, 0.1) is 5.92 Å². The Morgan fingerprint density at radius 3 is 2.70 bits per heavy atom. The molecular weight excluding hydrogens is 298 g/mol. The molecule has 0 aromatic heterocycles. The minimum absolute atomic E-state index is 0.00714. The topological polar surface area (TPSA) is 71.1 Å². The number of rotatable bonds is 3. The van der Waals surface area contributed by atoms with Gasteiger partial charge in [-0.2, -0.15) is 0 Å². The fourth-order valence-electron chi connectivity index (χ4n) is 3.45. The zero-order valence-electron chi connectivity index (χ0n) is 13.5. The number of likely N-dealkylation sites (N-methyl/N-ethyl adjacent to an activating group) is 1. The Labute approximate surface area is 135 Å². The van der Waals surface area contributed by atoms with Crippen molar-refractivity contribution in [1.29, 1.82) is 0 Å². The fourth-order valence-corrected chi connectivity index (χ4v) is 3.45. The van der Waals surface area contributed by atoms with Crippen LogP contribution in [0.5, 0.6) is 5.75 Å². The monoisotopic (exact) mass is 319 g/mol. The number of benzene rings is 1. The van der Waals surface area contributed by atoms with E-state index in [0.717, 1.165) is 0 Å². The molecule has 2 heterocycles. The Balaban J connectivity index is 1.70. The third-order valence-electron chi connectivity index (χ3n) is 4.70. The van der Waals surface area contributed by atoms with Gasteiger partial charge < -0.3 is 24.6 Å². The number of ether oxygens (including phenoxy) is 2. The highest BCUT2D eigenvalue weighted by Crippen LogP contribution is 2.33. The maximum absolute atomic E-state index is 12.5. The second kappa shape index (κ2) is 6.08. The SMILES string of the molecule is COc1ccccc1NC(=O)N1C[C@@H]2[C@H](OC)C(=O)N(C)[C@@H]2C1. The lowest BCUT2D eigenvalue weighted by Crippen LogP contribution is -2.40.